The molecule has 46 heavy (non-hydrogen) atoms. The van der Waals surface area contributed by atoms with Gasteiger partial charge in [-0.25, -0.2) is 4.98 Å². The van der Waals surface area contributed by atoms with E-state index in [2.05, 4.69) is 110 Å². The molecule has 222 valence electrons. The minimum atomic E-state index is -0.347. The molecule has 0 aliphatic carbocycles. The molecule has 0 saturated heterocycles. The van der Waals surface area contributed by atoms with Gasteiger partial charge in [0, 0.05) is 48.4 Å². The number of hydrogen-bond donors (Lipinski definition) is 1. The summed E-state index contributed by atoms with van der Waals surface area (Å²) < 4.78 is 4.34. The number of non-ortho nitro benzene ring substituents is 1. The van der Waals surface area contributed by atoms with E-state index in [4.69, 9.17) is 4.98 Å². The molecule has 0 radical (unpaired) electrons. The average Bonchev–Trinajstić information content (AvgIpc) is 3.89. The van der Waals surface area contributed by atoms with Crippen LogP contribution in [0.1, 0.15) is 22.5 Å². The first-order chi connectivity index (χ1) is 22.4. The molecule has 7 heteroatoms. The average molecular weight is 634 g/mol. The van der Waals surface area contributed by atoms with Crippen molar-refractivity contribution in [2.45, 2.75) is 13.8 Å². The summed E-state index contributed by atoms with van der Waals surface area (Å²) in [5, 5.41) is 11.8. The Bertz CT molecular complexity index is 2460. The van der Waals surface area contributed by atoms with E-state index >= 15 is 0 Å². The lowest BCUT2D eigenvalue weighted by atomic mass is 10.0. The van der Waals surface area contributed by atoms with Crippen LogP contribution in [0.3, 0.4) is 0 Å². The van der Waals surface area contributed by atoms with E-state index in [9.17, 15) is 10.1 Å². The lowest BCUT2D eigenvalue weighted by Gasteiger charge is -2.05. The molecule has 7 aromatic rings. The predicted molar refractivity (Wildman–Crippen MR) is 195 cm³/mol. The zero-order chi connectivity index (χ0) is 31.4. The van der Waals surface area contributed by atoms with Crippen LogP contribution in [0.2, 0.25) is 0 Å². The molecule has 0 saturated carbocycles. The molecule has 8 rings (SSSR count). The number of rotatable bonds is 4. The van der Waals surface area contributed by atoms with E-state index in [1.165, 1.54) is 17.2 Å². The van der Waals surface area contributed by atoms with Gasteiger partial charge in [-0.15, -0.1) is 22.7 Å². The molecule has 0 atom stereocenters. The summed E-state index contributed by atoms with van der Waals surface area (Å²) in [4.78, 5) is 20.4. The monoisotopic (exact) mass is 633 g/mol. The molecule has 5 heterocycles. The third-order valence-electron chi connectivity index (χ3n) is 8.35. The fraction of sp³-hybridized carbons (Fsp3) is 0.0513. The molecular formula is C39H27N3O2S2. The Kier molecular flexibility index (Phi) is 6.86. The van der Waals surface area contributed by atoms with Crippen LogP contribution >= 0.6 is 22.7 Å². The third kappa shape index (κ3) is 5.00. The van der Waals surface area contributed by atoms with Crippen molar-refractivity contribution in [2.24, 2.45) is 0 Å². The van der Waals surface area contributed by atoms with Gasteiger partial charge in [0.05, 0.1) is 26.5 Å². The second kappa shape index (κ2) is 11.2. The van der Waals surface area contributed by atoms with Gasteiger partial charge in [0.25, 0.3) is 5.69 Å². The maximum atomic E-state index is 11.8. The smallest absolute Gasteiger partial charge is 0.270 e. The second-order valence-corrected chi connectivity index (χ2v) is 13.7. The molecule has 1 aliphatic rings. The Morgan fingerprint density at radius 2 is 1.11 bits per heavy atom. The number of hydrogen-bond acceptors (Lipinski definition) is 5. The third-order valence-corrected chi connectivity index (χ3v) is 10.6. The number of nitro benzene ring substituents is 1. The molecule has 5 nitrogen and oxygen atoms in total. The van der Waals surface area contributed by atoms with Crippen molar-refractivity contribution >= 4 is 70.3 Å². The second-order valence-electron chi connectivity index (χ2n) is 11.5. The minimum Gasteiger partial charge on any atom is -0.354 e. The summed E-state index contributed by atoms with van der Waals surface area (Å²) in [7, 11) is 0. The molecule has 1 aliphatic heterocycles. The van der Waals surface area contributed by atoms with Gasteiger partial charge < -0.3 is 4.98 Å². The number of aromatic nitrogens is 2. The zero-order valence-corrected chi connectivity index (χ0v) is 26.7. The number of nitro groups is 1. The lowest BCUT2D eigenvalue weighted by molar-refractivity contribution is -0.384. The minimum absolute atomic E-state index is 0.0515. The topological polar surface area (TPSA) is 71.8 Å². The highest BCUT2D eigenvalue weighted by molar-refractivity contribution is 7.25. The summed E-state index contributed by atoms with van der Waals surface area (Å²) in [5.74, 6) is 0. The molecule has 3 aromatic carbocycles. The van der Waals surface area contributed by atoms with Crippen LogP contribution in [0, 0.1) is 24.0 Å². The largest absolute Gasteiger partial charge is 0.354 e. The molecular weight excluding hydrogens is 607 g/mol. The quantitative estimate of drug-likeness (QED) is 0.155. The summed E-state index contributed by atoms with van der Waals surface area (Å²) >= 11 is 3.41. The number of H-pyrrole nitrogens is 1. The van der Waals surface area contributed by atoms with E-state index in [1.807, 2.05) is 12.1 Å². The number of nitrogens with zero attached hydrogens (tertiary/aromatic N) is 2. The molecule has 0 unspecified atom stereocenters. The maximum absolute atomic E-state index is 11.8. The SMILES string of the molecule is Cc1ccc(-c2c3nc(c(-c4cccc([N+](=O)[O-])c4)c4ccc(s4)c4ccc([nH]4)c(-c4ccc(C)cc4)c4ccc2s4)C=C3)cc1. The molecule has 8 bridgehead atoms. The highest BCUT2D eigenvalue weighted by Gasteiger charge is 2.18. The highest BCUT2D eigenvalue weighted by Crippen LogP contribution is 2.41. The maximum Gasteiger partial charge on any atom is 0.270 e. The van der Waals surface area contributed by atoms with Gasteiger partial charge in [0.1, 0.15) is 0 Å². The fourth-order valence-corrected chi connectivity index (χ4v) is 8.25. The van der Waals surface area contributed by atoms with Crippen molar-refractivity contribution in [1.82, 2.24) is 9.97 Å². The van der Waals surface area contributed by atoms with E-state index < -0.39 is 0 Å². The fourth-order valence-electron chi connectivity index (χ4n) is 6.03. The van der Waals surface area contributed by atoms with Crippen LogP contribution < -0.4 is 0 Å². The first-order valence-electron chi connectivity index (χ1n) is 15.0. The highest BCUT2D eigenvalue weighted by atomic mass is 32.1. The van der Waals surface area contributed by atoms with Crippen molar-refractivity contribution in [3.63, 3.8) is 0 Å². The molecule has 1 N–H and O–H groups in total. The van der Waals surface area contributed by atoms with Crippen molar-refractivity contribution in [2.75, 3.05) is 0 Å². The van der Waals surface area contributed by atoms with Crippen molar-refractivity contribution in [3.05, 3.63) is 142 Å². The number of benzene rings is 3. The predicted octanol–water partition coefficient (Wildman–Crippen LogP) is 11.7. The zero-order valence-electron chi connectivity index (χ0n) is 25.1. The van der Waals surface area contributed by atoms with E-state index in [-0.39, 0.29) is 10.6 Å². The van der Waals surface area contributed by atoms with Crippen LogP contribution in [0.25, 0.3) is 75.4 Å². The van der Waals surface area contributed by atoms with Gasteiger partial charge >= 0.3 is 0 Å². The molecule has 4 aromatic heterocycles. The first-order valence-corrected chi connectivity index (χ1v) is 16.6. The van der Waals surface area contributed by atoms with Crippen LogP contribution in [-0.2, 0) is 0 Å². The summed E-state index contributed by atoms with van der Waals surface area (Å²) in [5.41, 5.74) is 12.2. The Balaban J connectivity index is 1.54. The van der Waals surface area contributed by atoms with E-state index in [0.29, 0.717) is 0 Å². The normalized spacial score (nSPS) is 11.8. The summed E-state index contributed by atoms with van der Waals surface area (Å²) in [6, 6.07) is 37.0. The van der Waals surface area contributed by atoms with Crippen LogP contribution in [-0.4, -0.2) is 14.9 Å². The Morgan fingerprint density at radius 1 is 0.587 bits per heavy atom. The summed E-state index contributed by atoms with van der Waals surface area (Å²) in [6.07, 6.45) is 4.11. The van der Waals surface area contributed by atoms with Gasteiger partial charge in [-0.2, -0.15) is 0 Å². The van der Waals surface area contributed by atoms with Crippen LogP contribution in [0.15, 0.2) is 109 Å². The number of aromatic amines is 1. The van der Waals surface area contributed by atoms with Crippen molar-refractivity contribution in [3.8, 4) is 33.4 Å². The number of thiophene rings is 2. The summed E-state index contributed by atoms with van der Waals surface area (Å²) in [6.45, 7) is 4.20. The number of nitrogens with one attached hydrogen (secondary N) is 1. The van der Waals surface area contributed by atoms with Crippen LogP contribution in [0.5, 0.6) is 0 Å². The van der Waals surface area contributed by atoms with Crippen LogP contribution in [0.4, 0.5) is 5.69 Å². The Labute approximate surface area is 273 Å². The molecule has 0 amide bonds. The molecule has 0 spiro atoms. The number of fused-ring (bicyclic) bond motifs is 9. The van der Waals surface area contributed by atoms with Crippen molar-refractivity contribution in [1.29, 1.82) is 0 Å². The van der Waals surface area contributed by atoms with Gasteiger partial charge in [-0.3, -0.25) is 10.1 Å². The standard InChI is InChI=1S/C39H27N3O2S2/c1-23-6-10-25(11-7-23)37-30-15-14-29(40-30)33-18-19-36(45-33)39(27-4-3-5-28(22-27)42(43)44)32-17-16-31(41-32)38(35-21-20-34(37)46-35)26-12-8-24(2)9-13-26/h3-22,40H,1-2H3. The van der Waals surface area contributed by atoms with E-state index in [1.54, 1.807) is 34.8 Å². The first kappa shape index (κ1) is 28.1. The van der Waals surface area contributed by atoms with E-state index in [0.717, 1.165) is 74.6 Å². The van der Waals surface area contributed by atoms with Gasteiger partial charge in [0.15, 0.2) is 0 Å². The molecule has 0 fully saturated rings. The van der Waals surface area contributed by atoms with Gasteiger partial charge in [-0.05, 0) is 79.1 Å². The van der Waals surface area contributed by atoms with Gasteiger partial charge in [0.2, 0.25) is 0 Å². The Morgan fingerprint density at radius 3 is 1.74 bits per heavy atom. The van der Waals surface area contributed by atoms with Gasteiger partial charge in [-0.1, -0.05) is 71.8 Å². The van der Waals surface area contributed by atoms with Crippen molar-refractivity contribution < 1.29 is 4.92 Å². The number of aryl methyl sites for hydroxylation is 2. The lowest BCUT2D eigenvalue weighted by Crippen LogP contribution is -1.90. The Hall–Kier alpha value is -5.37.